The Morgan fingerprint density at radius 2 is 1.22 bits per heavy atom. The van der Waals surface area contributed by atoms with E-state index in [0.717, 1.165) is 12.0 Å². The first-order valence-corrected chi connectivity index (χ1v) is 10.6. The topological polar surface area (TPSA) is 179 Å². The molecule has 0 amide bonds. The van der Waals surface area contributed by atoms with Crippen LogP contribution >= 0.6 is 0 Å². The van der Waals surface area contributed by atoms with E-state index in [4.69, 9.17) is 18.9 Å². The van der Waals surface area contributed by atoms with E-state index < -0.39 is 68.0 Å². The number of rotatable bonds is 8. The molecule has 7 N–H and O–H groups in total. The molecule has 0 saturated carbocycles. The van der Waals surface area contributed by atoms with Crippen LogP contribution in [-0.2, 0) is 32.0 Å². The highest BCUT2D eigenvalue weighted by Gasteiger charge is 2.49. The van der Waals surface area contributed by atoms with E-state index in [0.29, 0.717) is 0 Å². The Balaban J connectivity index is 1.59. The zero-order valence-electron chi connectivity index (χ0n) is 17.7. The molecule has 10 atom stereocenters. The van der Waals surface area contributed by atoms with E-state index >= 15 is 0 Å². The Kier molecular flexibility index (Phi) is 8.95. The van der Waals surface area contributed by atoms with Gasteiger partial charge in [0.2, 0.25) is 0 Å². The Hall–Kier alpha value is -1.22. The van der Waals surface area contributed by atoms with Crippen molar-refractivity contribution in [2.45, 2.75) is 81.4 Å². The summed E-state index contributed by atoms with van der Waals surface area (Å²) in [5, 5.41) is 69.8. The third-order valence-corrected chi connectivity index (χ3v) is 5.77. The molecule has 1 aromatic rings. The van der Waals surface area contributed by atoms with Crippen LogP contribution in [0.5, 0.6) is 0 Å². The number of aliphatic hydroxyl groups is 7. The van der Waals surface area contributed by atoms with Gasteiger partial charge in [0.1, 0.15) is 48.8 Å². The number of ether oxygens (including phenoxy) is 4. The molecule has 32 heavy (non-hydrogen) atoms. The molecule has 182 valence electrons. The number of benzene rings is 1. The van der Waals surface area contributed by atoms with Crippen molar-refractivity contribution in [2.75, 3.05) is 13.2 Å². The van der Waals surface area contributed by atoms with Gasteiger partial charge >= 0.3 is 0 Å². The summed E-state index contributed by atoms with van der Waals surface area (Å²) in [6.45, 7) is 1.49. The Morgan fingerprint density at radius 3 is 1.75 bits per heavy atom. The fourth-order valence-corrected chi connectivity index (χ4v) is 3.64. The van der Waals surface area contributed by atoms with Crippen molar-refractivity contribution in [3.63, 3.8) is 0 Å². The second-order valence-corrected chi connectivity index (χ2v) is 8.03. The summed E-state index contributed by atoms with van der Waals surface area (Å²) in [7, 11) is 0. The molecule has 11 nitrogen and oxygen atoms in total. The zero-order valence-corrected chi connectivity index (χ0v) is 17.7. The maximum absolute atomic E-state index is 10.2. The minimum absolute atomic E-state index is 0.130. The second kappa shape index (κ2) is 11.3. The van der Waals surface area contributed by atoms with Gasteiger partial charge in [-0.05, 0) is 17.5 Å². The molecular formula is C21H32O11. The highest BCUT2D eigenvalue weighted by atomic mass is 16.8. The van der Waals surface area contributed by atoms with Gasteiger partial charge in [-0.2, -0.15) is 0 Å². The SMILES string of the molecule is CCc1ccc(COC[C@H]2O[C@H](O[C@H]3O[C@H](CO)[C@@H](O)[C@H](O)[C@H]3O)[C@H](O)[C@@H](O)[C@@H]2O)cc1. The van der Waals surface area contributed by atoms with E-state index in [2.05, 4.69) is 6.92 Å². The van der Waals surface area contributed by atoms with Crippen LogP contribution < -0.4 is 0 Å². The van der Waals surface area contributed by atoms with E-state index in [1.165, 1.54) is 5.56 Å². The lowest BCUT2D eigenvalue weighted by Crippen LogP contribution is -2.63. The highest BCUT2D eigenvalue weighted by Crippen LogP contribution is 2.28. The lowest BCUT2D eigenvalue weighted by molar-refractivity contribution is -0.377. The Morgan fingerprint density at radius 1 is 0.719 bits per heavy atom. The third-order valence-electron chi connectivity index (χ3n) is 5.77. The molecule has 0 aliphatic carbocycles. The molecule has 1 aromatic carbocycles. The highest BCUT2D eigenvalue weighted by molar-refractivity contribution is 5.21. The average Bonchev–Trinajstić information content (AvgIpc) is 2.81. The normalized spacial score (nSPS) is 40.4. The first kappa shape index (κ1) is 25.4. The van der Waals surface area contributed by atoms with Gasteiger partial charge in [-0.15, -0.1) is 0 Å². The summed E-state index contributed by atoms with van der Waals surface area (Å²) in [4.78, 5) is 0. The summed E-state index contributed by atoms with van der Waals surface area (Å²) in [6, 6.07) is 7.80. The van der Waals surface area contributed by atoms with Gasteiger partial charge in [0.05, 0.1) is 19.8 Å². The molecule has 0 radical (unpaired) electrons. The molecule has 2 fully saturated rings. The van der Waals surface area contributed by atoms with Gasteiger partial charge in [-0.1, -0.05) is 31.2 Å². The van der Waals surface area contributed by atoms with Crippen molar-refractivity contribution in [3.8, 4) is 0 Å². The fraction of sp³-hybridized carbons (Fsp3) is 0.714. The molecule has 2 saturated heterocycles. The lowest BCUT2D eigenvalue weighted by Gasteiger charge is -2.44. The smallest absolute Gasteiger partial charge is 0.189 e. The molecule has 2 aliphatic rings. The van der Waals surface area contributed by atoms with E-state index in [1.54, 1.807) is 0 Å². The average molecular weight is 460 g/mol. The summed E-state index contributed by atoms with van der Waals surface area (Å²) in [5.41, 5.74) is 2.09. The van der Waals surface area contributed by atoms with Crippen molar-refractivity contribution in [2.24, 2.45) is 0 Å². The van der Waals surface area contributed by atoms with E-state index in [9.17, 15) is 35.7 Å². The quantitative estimate of drug-likeness (QED) is 0.216. The number of aliphatic hydroxyl groups excluding tert-OH is 7. The summed E-state index contributed by atoms with van der Waals surface area (Å²) >= 11 is 0. The molecule has 2 heterocycles. The first-order chi connectivity index (χ1) is 15.3. The number of aryl methyl sites for hydroxylation is 1. The maximum atomic E-state index is 10.2. The van der Waals surface area contributed by atoms with Crippen LogP contribution in [0.1, 0.15) is 18.1 Å². The van der Waals surface area contributed by atoms with Gasteiger partial charge in [-0.3, -0.25) is 0 Å². The van der Waals surface area contributed by atoms with Crippen LogP contribution in [0.15, 0.2) is 24.3 Å². The third kappa shape index (κ3) is 5.64. The lowest BCUT2D eigenvalue weighted by atomic mass is 9.98. The van der Waals surface area contributed by atoms with Gasteiger partial charge in [0.25, 0.3) is 0 Å². The van der Waals surface area contributed by atoms with Gasteiger partial charge in [0, 0.05) is 0 Å². The molecule has 0 unspecified atom stereocenters. The van der Waals surface area contributed by atoms with Gasteiger partial charge in [0.15, 0.2) is 12.6 Å². The summed E-state index contributed by atoms with van der Waals surface area (Å²) in [6.07, 6.45) is -14.3. The summed E-state index contributed by atoms with van der Waals surface area (Å²) in [5.74, 6) is 0. The molecule has 3 rings (SSSR count). The van der Waals surface area contributed by atoms with Crippen molar-refractivity contribution in [1.82, 2.24) is 0 Å². The van der Waals surface area contributed by atoms with Crippen molar-refractivity contribution < 1.29 is 54.7 Å². The van der Waals surface area contributed by atoms with Gasteiger partial charge < -0.3 is 54.7 Å². The van der Waals surface area contributed by atoms with Crippen LogP contribution in [0.25, 0.3) is 0 Å². The summed E-state index contributed by atoms with van der Waals surface area (Å²) < 4.78 is 21.8. The second-order valence-electron chi connectivity index (χ2n) is 8.03. The Labute approximate surface area is 185 Å². The van der Waals surface area contributed by atoms with Crippen LogP contribution in [0, 0.1) is 0 Å². The molecule has 0 bridgehead atoms. The van der Waals surface area contributed by atoms with E-state index in [-0.39, 0.29) is 13.2 Å². The van der Waals surface area contributed by atoms with Crippen molar-refractivity contribution in [1.29, 1.82) is 0 Å². The number of hydrogen-bond acceptors (Lipinski definition) is 11. The van der Waals surface area contributed by atoms with Gasteiger partial charge in [-0.25, -0.2) is 0 Å². The Bertz CT molecular complexity index is 699. The predicted octanol–water partition coefficient (Wildman–Crippen LogP) is -2.61. The fourth-order valence-electron chi connectivity index (χ4n) is 3.64. The molecular weight excluding hydrogens is 428 g/mol. The molecule has 2 aliphatic heterocycles. The zero-order chi connectivity index (χ0) is 23.4. The van der Waals surface area contributed by atoms with Crippen molar-refractivity contribution in [3.05, 3.63) is 35.4 Å². The van der Waals surface area contributed by atoms with Crippen LogP contribution in [0.3, 0.4) is 0 Å². The maximum Gasteiger partial charge on any atom is 0.189 e. The largest absolute Gasteiger partial charge is 0.394 e. The van der Waals surface area contributed by atoms with E-state index in [1.807, 2.05) is 24.3 Å². The monoisotopic (exact) mass is 460 g/mol. The first-order valence-electron chi connectivity index (χ1n) is 10.6. The minimum Gasteiger partial charge on any atom is -0.394 e. The predicted molar refractivity (Wildman–Crippen MR) is 107 cm³/mol. The van der Waals surface area contributed by atoms with Crippen molar-refractivity contribution >= 4 is 0 Å². The standard InChI is InChI=1S/C21H32O11/c1-2-10-3-5-11(6-4-10)8-29-9-13-15(24)17(26)19(28)21(31-13)32-20-18(27)16(25)14(23)12(7-22)30-20/h3-6,12-28H,2,7-9H2,1H3/t12-,13-,14-,15-,16+,17+,18-,19-,20-,21-/m1/s1. The molecule has 0 aromatic heterocycles. The minimum atomic E-state index is -1.71. The molecule has 0 spiro atoms. The van der Waals surface area contributed by atoms with Crippen LogP contribution in [0.4, 0.5) is 0 Å². The number of hydrogen-bond donors (Lipinski definition) is 7. The van der Waals surface area contributed by atoms with Crippen LogP contribution in [-0.4, -0.2) is 110 Å². The molecule has 11 heteroatoms. The van der Waals surface area contributed by atoms with Crippen LogP contribution in [0.2, 0.25) is 0 Å².